The van der Waals surface area contributed by atoms with Gasteiger partial charge in [-0.15, -0.1) is 0 Å². The van der Waals surface area contributed by atoms with Gasteiger partial charge in [-0.25, -0.2) is 0 Å². The van der Waals surface area contributed by atoms with Crippen LogP contribution < -0.4 is 28.7 Å². The standard InChI is InChI=1S/C31H29.C13H10.C5H5.2ClH.Ti/c1-18-11-20(3)30(21(4)12-18)24-7-9-28-26(15-24)17-27-16-25(8-10-29(27)28)31-22(5)13-19(2)14-23(31)6;1-3-7-12(8-4-1)11-13-9-5-2-6-10-13;1-2-4-5-3-1;;;/h7-15H,17H2,1-6H3;1-10H;1-3H,4H2;2*1H;/q;;;;;+2/p-2. The Hall–Kier alpha value is -4.04. The van der Waals surface area contributed by atoms with Crippen LogP contribution >= 0.6 is 0 Å². The van der Waals surface area contributed by atoms with E-state index in [0.717, 1.165) is 12.8 Å². The molecule has 0 atom stereocenters. The monoisotopic (exact) mass is 750 g/mol. The first-order valence-electron chi connectivity index (χ1n) is 18.0. The van der Waals surface area contributed by atoms with Crippen LogP contribution in [0, 0.1) is 41.5 Å². The molecule has 6 aromatic rings. The van der Waals surface area contributed by atoms with Crippen molar-refractivity contribution in [3.05, 3.63) is 193 Å². The molecule has 6 aromatic carbocycles. The third kappa shape index (κ3) is 6.79. The largest absolute Gasteiger partial charge is 1.00 e. The van der Waals surface area contributed by atoms with Gasteiger partial charge in [0.15, 0.2) is 0 Å². The van der Waals surface area contributed by atoms with Gasteiger partial charge in [0, 0.05) is 0 Å². The Morgan fingerprint density at radius 1 is 0.538 bits per heavy atom. The smallest absolute Gasteiger partial charge is 1.00 e. The first-order valence-corrected chi connectivity index (χ1v) is 20.3. The van der Waals surface area contributed by atoms with Gasteiger partial charge >= 0.3 is 306 Å². The third-order valence-corrected chi connectivity index (χ3v) is 15.6. The molecule has 0 saturated carbocycles. The number of benzene rings is 6. The summed E-state index contributed by atoms with van der Waals surface area (Å²) in [6, 6.07) is 44.2. The molecular formula is C49H44Cl2Ti. The predicted molar refractivity (Wildman–Crippen MR) is 212 cm³/mol. The van der Waals surface area contributed by atoms with Gasteiger partial charge in [0.05, 0.1) is 0 Å². The van der Waals surface area contributed by atoms with Gasteiger partial charge in [0.1, 0.15) is 0 Å². The van der Waals surface area contributed by atoms with Gasteiger partial charge in [-0.3, -0.25) is 0 Å². The molecule has 258 valence electrons. The Kier molecular flexibility index (Phi) is 11.3. The molecule has 0 N–H and O–H groups in total. The van der Waals surface area contributed by atoms with Crippen molar-refractivity contribution in [2.45, 2.75) is 54.4 Å². The van der Waals surface area contributed by atoms with Crippen LogP contribution in [0.2, 0.25) is 0 Å². The number of hydrogen-bond acceptors (Lipinski definition) is 0. The van der Waals surface area contributed by atoms with Crippen LogP contribution in [0.1, 0.15) is 62.1 Å². The fourth-order valence-corrected chi connectivity index (χ4v) is 14.2. The topological polar surface area (TPSA) is 0 Å². The van der Waals surface area contributed by atoms with Crippen molar-refractivity contribution < 1.29 is 42.2 Å². The second-order valence-corrected chi connectivity index (χ2v) is 18.2. The fraction of sp³-hybridized carbons (Fsp3) is 0.163. The molecule has 0 radical (unpaired) electrons. The van der Waals surface area contributed by atoms with Crippen LogP contribution in [0.4, 0.5) is 0 Å². The average Bonchev–Trinajstić information content (AvgIpc) is 3.76. The third-order valence-electron chi connectivity index (χ3n) is 10.7. The summed E-state index contributed by atoms with van der Waals surface area (Å²) in [6.07, 6.45) is 9.12. The van der Waals surface area contributed by atoms with Crippen molar-refractivity contribution in [1.82, 2.24) is 0 Å². The first-order chi connectivity index (χ1) is 24.3. The minimum atomic E-state index is -2.45. The van der Waals surface area contributed by atoms with Gasteiger partial charge in [-0.05, 0) is 0 Å². The van der Waals surface area contributed by atoms with E-state index in [1.165, 1.54) is 83.5 Å². The molecule has 0 bridgehead atoms. The summed E-state index contributed by atoms with van der Waals surface area (Å²) in [5.74, 6) is 0. The SMILES string of the molecule is Cc1cc(C)c(-c2ccc3c(c2)Cc2c-3ccc(-c3c(C)cc(C)cc3C)[c]2[Ti+2]([C]2=CC=CC2)=[C](c2ccccc2)c2ccccc2)c(C)c1.[Cl-].[Cl-]. The molecule has 0 heterocycles. The normalized spacial score (nSPS) is 12.2. The molecule has 0 amide bonds. The summed E-state index contributed by atoms with van der Waals surface area (Å²) < 4.78 is 4.78. The van der Waals surface area contributed by atoms with E-state index in [9.17, 15) is 0 Å². The molecule has 2 aliphatic rings. The Bertz CT molecular complexity index is 2330. The Balaban J connectivity index is 0.00000232. The summed E-state index contributed by atoms with van der Waals surface area (Å²) >= 11 is -2.45. The van der Waals surface area contributed by atoms with E-state index in [0.29, 0.717) is 0 Å². The summed E-state index contributed by atoms with van der Waals surface area (Å²) in [7, 11) is 0. The van der Waals surface area contributed by atoms with E-state index in [-0.39, 0.29) is 24.8 Å². The molecule has 52 heavy (non-hydrogen) atoms. The van der Waals surface area contributed by atoms with Crippen molar-refractivity contribution in [3.63, 3.8) is 0 Å². The maximum absolute atomic E-state index is 2.50. The molecule has 0 nitrogen and oxygen atoms in total. The molecular weight excluding hydrogens is 707 g/mol. The number of fused-ring (bicyclic) bond motifs is 3. The van der Waals surface area contributed by atoms with Crippen LogP contribution in [-0.4, -0.2) is 3.81 Å². The Labute approximate surface area is 328 Å². The van der Waals surface area contributed by atoms with E-state index in [2.05, 4.69) is 175 Å². The van der Waals surface area contributed by atoms with Gasteiger partial charge in [0.25, 0.3) is 0 Å². The van der Waals surface area contributed by atoms with Crippen LogP contribution in [0.5, 0.6) is 0 Å². The van der Waals surface area contributed by atoms with Gasteiger partial charge < -0.3 is 24.8 Å². The van der Waals surface area contributed by atoms with Gasteiger partial charge in [-0.2, -0.15) is 0 Å². The minimum absolute atomic E-state index is 0. The van der Waals surface area contributed by atoms with Crippen LogP contribution in [-0.2, 0) is 23.8 Å². The number of hydrogen-bond donors (Lipinski definition) is 0. The summed E-state index contributed by atoms with van der Waals surface area (Å²) in [5.41, 5.74) is 22.1. The minimum Gasteiger partial charge on any atom is -1.00 e. The van der Waals surface area contributed by atoms with Crippen molar-refractivity contribution in [2.75, 3.05) is 0 Å². The number of rotatable bonds is 6. The van der Waals surface area contributed by atoms with Gasteiger partial charge in [-0.1, -0.05) is 0 Å². The first kappa shape index (κ1) is 37.7. The zero-order valence-corrected chi connectivity index (χ0v) is 33.9. The fourth-order valence-electron chi connectivity index (χ4n) is 8.91. The summed E-state index contributed by atoms with van der Waals surface area (Å²) in [6.45, 7) is 13.6. The summed E-state index contributed by atoms with van der Waals surface area (Å²) in [4.78, 5) is 0. The molecule has 0 aliphatic heterocycles. The Morgan fingerprint density at radius 3 is 1.60 bits per heavy atom. The Morgan fingerprint density at radius 2 is 1.06 bits per heavy atom. The second-order valence-electron chi connectivity index (χ2n) is 14.4. The zero-order chi connectivity index (χ0) is 34.5. The van der Waals surface area contributed by atoms with Crippen molar-refractivity contribution in [2.24, 2.45) is 0 Å². The van der Waals surface area contributed by atoms with Crippen LogP contribution in [0.15, 0.2) is 137 Å². The maximum Gasteiger partial charge on any atom is -1.00 e. The molecule has 2 aliphatic carbocycles. The number of allylic oxidation sites excluding steroid dienone is 4. The van der Waals surface area contributed by atoms with E-state index in [1.54, 1.807) is 17.1 Å². The van der Waals surface area contributed by atoms with E-state index >= 15 is 0 Å². The predicted octanol–water partition coefficient (Wildman–Crippen LogP) is 5.81. The zero-order valence-electron chi connectivity index (χ0n) is 30.9. The van der Waals surface area contributed by atoms with E-state index < -0.39 is 17.4 Å². The van der Waals surface area contributed by atoms with Crippen LogP contribution in [0.3, 0.4) is 0 Å². The maximum atomic E-state index is 2.50. The number of halogens is 2. The quantitative estimate of drug-likeness (QED) is 0.189. The molecule has 0 spiro atoms. The van der Waals surface area contributed by atoms with Crippen molar-refractivity contribution in [1.29, 1.82) is 0 Å². The second kappa shape index (κ2) is 15.5. The average molecular weight is 752 g/mol. The molecule has 0 saturated heterocycles. The van der Waals surface area contributed by atoms with E-state index in [1.807, 2.05) is 0 Å². The van der Waals surface area contributed by atoms with Crippen molar-refractivity contribution in [3.8, 4) is 33.4 Å². The molecule has 0 unspecified atom stereocenters. The molecule has 3 heteroatoms. The molecule has 0 aromatic heterocycles. The molecule has 0 fully saturated rings. The summed E-state index contributed by atoms with van der Waals surface area (Å²) in [5, 5.41) is 0. The van der Waals surface area contributed by atoms with Crippen molar-refractivity contribution >= 4 is 7.68 Å². The van der Waals surface area contributed by atoms with Crippen LogP contribution in [0.25, 0.3) is 33.4 Å². The number of aryl methyl sites for hydroxylation is 6. The van der Waals surface area contributed by atoms with E-state index in [4.69, 9.17) is 0 Å². The molecule has 8 rings (SSSR count). The van der Waals surface area contributed by atoms with Gasteiger partial charge in [0.2, 0.25) is 0 Å².